The predicted molar refractivity (Wildman–Crippen MR) is 33.9 cm³/mol. The number of hydrogen-bond acceptors (Lipinski definition) is 1. The van der Waals surface area contributed by atoms with Gasteiger partial charge in [0.05, 0.1) is 0 Å². The van der Waals surface area contributed by atoms with E-state index in [9.17, 15) is 0 Å². The molecule has 0 aliphatic carbocycles. The van der Waals surface area contributed by atoms with Crippen molar-refractivity contribution in [2.45, 2.75) is 0 Å². The summed E-state index contributed by atoms with van der Waals surface area (Å²) in [5.41, 5.74) is 0. The molecule has 0 aromatic rings. The first-order chi connectivity index (χ1) is 3.81. The van der Waals surface area contributed by atoms with E-state index < -0.39 is 0 Å². The Labute approximate surface area is 62.8 Å². The van der Waals surface area contributed by atoms with Crippen molar-refractivity contribution in [1.82, 2.24) is 9.65 Å². The first-order valence-electron chi connectivity index (χ1n) is 2.02. The van der Waals surface area contributed by atoms with Gasteiger partial charge in [0.25, 0.3) is 0 Å². The van der Waals surface area contributed by atoms with E-state index in [1.54, 1.807) is 6.08 Å². The van der Waals surface area contributed by atoms with E-state index in [-0.39, 0.29) is 0 Å². The Hall–Kier alpha value is -0.0505. The number of hydrogen-bond donors (Lipinski definition) is 2. The molecule has 0 saturated heterocycles. The summed E-state index contributed by atoms with van der Waals surface area (Å²) in [6, 6.07) is 0. The fourth-order valence-electron chi connectivity index (χ4n) is 0.192. The molecular weight excluding hydrogens is 172 g/mol. The minimum atomic E-state index is 0.463. The molecule has 0 aromatic carbocycles. The van der Waals surface area contributed by atoms with E-state index in [0.717, 1.165) is 0 Å². The van der Waals surface area contributed by atoms with Gasteiger partial charge in [0.15, 0.2) is 0 Å². The van der Waals surface area contributed by atoms with E-state index in [4.69, 9.17) is 0 Å². The Morgan fingerprint density at radius 3 is 2.88 bits per heavy atom. The third-order valence-corrected chi connectivity index (χ3v) is 1.09. The van der Waals surface area contributed by atoms with Crippen LogP contribution in [0.5, 0.6) is 0 Å². The zero-order valence-corrected chi connectivity index (χ0v) is 5.96. The van der Waals surface area contributed by atoms with Gasteiger partial charge in [-0.25, -0.2) is 0 Å². The summed E-state index contributed by atoms with van der Waals surface area (Å²) in [5.74, 6) is 0. The van der Waals surface area contributed by atoms with Crippen LogP contribution >= 0.6 is 12.2 Å². The molecule has 0 aliphatic heterocycles. The van der Waals surface area contributed by atoms with E-state index in [2.05, 4.69) is 44.7 Å². The molecule has 0 atom stereocenters. The summed E-state index contributed by atoms with van der Waals surface area (Å²) >= 11 is 9.17. The maximum absolute atomic E-state index is 4.64. The van der Waals surface area contributed by atoms with Crippen LogP contribution in [-0.2, 0) is 16.2 Å². The monoisotopic (exact) mass is 178 g/mol. The molecule has 2 N–H and O–H groups in total. The Morgan fingerprint density at radius 1 is 1.88 bits per heavy atom. The Kier molecular flexibility index (Phi) is 5.06. The molecule has 0 fully saturated rings. The summed E-state index contributed by atoms with van der Waals surface area (Å²) in [6.45, 7) is 4.13. The molecule has 0 bridgehead atoms. The van der Waals surface area contributed by atoms with Crippen LogP contribution in [-0.4, -0.2) is 11.7 Å². The molecule has 50 valence electrons. The van der Waals surface area contributed by atoms with Crippen molar-refractivity contribution in [3.63, 3.8) is 0 Å². The quantitative estimate of drug-likeness (QED) is 0.357. The van der Waals surface area contributed by atoms with Crippen molar-refractivity contribution in [2.24, 2.45) is 0 Å². The molecule has 0 amide bonds. The number of rotatable bonds is 2. The Bertz CT molecular complexity index is 94.0. The van der Waals surface area contributed by atoms with Crippen LogP contribution in [0.2, 0.25) is 0 Å². The minimum absolute atomic E-state index is 0.463. The molecule has 0 saturated carbocycles. The Balaban J connectivity index is 3.11. The number of nitrogens with one attached hydrogen (secondary N) is 2. The molecule has 0 radical (unpaired) electrons. The molecule has 0 rings (SSSR count). The second kappa shape index (κ2) is 5.09. The number of thiocarbonyl (C=S) groups is 1. The van der Waals surface area contributed by atoms with Crippen LogP contribution in [0.15, 0.2) is 12.7 Å². The summed E-state index contributed by atoms with van der Waals surface area (Å²) < 4.78 is 2.33. The first-order valence-corrected chi connectivity index (χ1v) is 2.90. The summed E-state index contributed by atoms with van der Waals surface area (Å²) in [4.78, 5) is 0. The van der Waals surface area contributed by atoms with Crippen LogP contribution < -0.4 is 9.65 Å². The van der Waals surface area contributed by atoms with Crippen LogP contribution in [0.4, 0.5) is 0 Å². The van der Waals surface area contributed by atoms with E-state index in [1.165, 1.54) is 0 Å². The summed E-state index contributed by atoms with van der Waals surface area (Å²) in [7, 11) is 0. The van der Waals surface area contributed by atoms with Gasteiger partial charge in [0.1, 0.15) is 0 Å². The van der Waals surface area contributed by atoms with Gasteiger partial charge >= 0.3 is 62.4 Å². The average Bonchev–Trinajstić information content (AvgIpc) is 1.83. The fourth-order valence-corrected chi connectivity index (χ4v) is 0.358. The van der Waals surface area contributed by atoms with Crippen molar-refractivity contribution in [1.29, 1.82) is 0 Å². The van der Waals surface area contributed by atoms with Gasteiger partial charge in [0.2, 0.25) is 0 Å². The van der Waals surface area contributed by atoms with Crippen molar-refractivity contribution in [3.05, 3.63) is 12.7 Å². The maximum atomic E-state index is 4.64. The van der Waals surface area contributed by atoms with Gasteiger partial charge in [-0.2, -0.15) is 0 Å². The second-order valence-corrected chi connectivity index (χ2v) is 1.72. The molecular formula is C4H7CuN2S. The molecule has 0 heterocycles. The van der Waals surface area contributed by atoms with E-state index >= 15 is 0 Å². The average molecular weight is 179 g/mol. The van der Waals surface area contributed by atoms with Gasteiger partial charge in [-0.15, -0.1) is 0 Å². The van der Waals surface area contributed by atoms with Gasteiger partial charge in [-0.3, -0.25) is 0 Å². The van der Waals surface area contributed by atoms with E-state index in [0.29, 0.717) is 11.7 Å². The summed E-state index contributed by atoms with van der Waals surface area (Å²) in [5, 5.41) is 3.24. The summed E-state index contributed by atoms with van der Waals surface area (Å²) in [6.07, 6.45) is 1.70. The van der Waals surface area contributed by atoms with Crippen LogP contribution in [0.25, 0.3) is 0 Å². The molecule has 8 heavy (non-hydrogen) atoms. The topological polar surface area (TPSA) is 24.1 Å². The molecule has 0 unspecified atom stereocenters. The van der Waals surface area contributed by atoms with Gasteiger partial charge in [-0.1, -0.05) is 0 Å². The SMILES string of the molecule is C=CCNC(=S)[NH][Cu]. The molecule has 0 aliphatic rings. The van der Waals surface area contributed by atoms with Crippen LogP contribution in [0.3, 0.4) is 0 Å². The van der Waals surface area contributed by atoms with E-state index in [1.807, 2.05) is 0 Å². The zero-order chi connectivity index (χ0) is 6.41. The third-order valence-electron chi connectivity index (χ3n) is 0.475. The van der Waals surface area contributed by atoms with Crippen molar-refractivity contribution >= 4 is 17.3 Å². The molecule has 0 aromatic heterocycles. The van der Waals surface area contributed by atoms with Crippen LogP contribution in [0.1, 0.15) is 0 Å². The van der Waals surface area contributed by atoms with Crippen molar-refractivity contribution < 1.29 is 16.2 Å². The Morgan fingerprint density at radius 2 is 2.50 bits per heavy atom. The zero-order valence-electron chi connectivity index (χ0n) is 4.20. The van der Waals surface area contributed by atoms with Crippen LogP contribution in [0, 0.1) is 0 Å². The van der Waals surface area contributed by atoms with Gasteiger partial charge < -0.3 is 0 Å². The first kappa shape index (κ1) is 7.95. The molecule has 4 heteroatoms. The normalized spacial score (nSPS) is 7.75. The van der Waals surface area contributed by atoms with Gasteiger partial charge in [-0.05, 0) is 0 Å². The molecule has 0 spiro atoms. The fraction of sp³-hybridized carbons (Fsp3) is 0.250. The molecule has 2 nitrogen and oxygen atoms in total. The third kappa shape index (κ3) is 4.12. The van der Waals surface area contributed by atoms with Gasteiger partial charge in [0, 0.05) is 0 Å². The predicted octanol–water partition coefficient (Wildman–Crippen LogP) is 0.0983. The standard InChI is InChI=1S/C4H8N2S.Cu/c1-2-3-6-4(5)7;/h2H,1,3H2,(H3,5,6,7);/q;+1/p-1. The second-order valence-electron chi connectivity index (χ2n) is 1.07. The van der Waals surface area contributed by atoms with Crippen molar-refractivity contribution in [2.75, 3.05) is 6.54 Å². The van der Waals surface area contributed by atoms with Crippen molar-refractivity contribution in [3.8, 4) is 0 Å².